The molecule has 0 nitrogen and oxygen atoms in total. The maximum atomic E-state index is 4.38. The van der Waals surface area contributed by atoms with Gasteiger partial charge in [0.05, 0.1) is 0 Å². The Kier molecular flexibility index (Phi) is 6.19. The van der Waals surface area contributed by atoms with Crippen LogP contribution in [0.1, 0.15) is 51.7 Å². The summed E-state index contributed by atoms with van der Waals surface area (Å²) in [5, 5.41) is 0. The quantitative estimate of drug-likeness (QED) is 0.664. The first kappa shape index (κ1) is 16.4. The van der Waals surface area contributed by atoms with Gasteiger partial charge in [-0.25, -0.2) is 0 Å². The number of hydrogen-bond donors (Lipinski definition) is 0. The molecule has 1 fully saturated rings. The van der Waals surface area contributed by atoms with E-state index in [1.54, 1.807) is 0 Å². The standard InChI is InChI=1S/C16H23S.C2H6/c1-13-7-9-15(10-8-13)14(2)16(3,4)17-11-5-6-12-17;1-2/h7-10H,2,5-6,11-12H2,1,3-4H3;1-2H3/q+1;. The zero-order valence-electron chi connectivity index (χ0n) is 13.3. The van der Waals surface area contributed by atoms with Crippen LogP contribution in [0.5, 0.6) is 0 Å². The highest BCUT2D eigenvalue weighted by molar-refractivity contribution is 7.98. The molecule has 0 atom stereocenters. The van der Waals surface area contributed by atoms with E-state index >= 15 is 0 Å². The fraction of sp³-hybridized carbons (Fsp3) is 0.556. The molecule has 0 bridgehead atoms. The highest BCUT2D eigenvalue weighted by Gasteiger charge is 2.43. The van der Waals surface area contributed by atoms with Gasteiger partial charge in [0, 0.05) is 5.57 Å². The fourth-order valence-electron chi connectivity index (χ4n) is 2.44. The van der Waals surface area contributed by atoms with Crippen molar-refractivity contribution in [1.29, 1.82) is 0 Å². The van der Waals surface area contributed by atoms with E-state index in [1.807, 2.05) is 13.8 Å². The van der Waals surface area contributed by atoms with Crippen molar-refractivity contribution in [1.82, 2.24) is 0 Å². The molecule has 1 aromatic rings. The van der Waals surface area contributed by atoms with Crippen molar-refractivity contribution in [3.05, 3.63) is 42.0 Å². The summed E-state index contributed by atoms with van der Waals surface area (Å²) in [7, 11) is 0.527. The minimum absolute atomic E-state index is 0.270. The minimum atomic E-state index is 0.270. The SMILES string of the molecule is C=C(c1ccc(C)cc1)C(C)(C)[S+]1CCCC1.CC. The Bertz CT molecular complexity index is 394. The van der Waals surface area contributed by atoms with Crippen LogP contribution in [0.15, 0.2) is 30.8 Å². The van der Waals surface area contributed by atoms with Gasteiger partial charge in [-0.15, -0.1) is 0 Å². The Labute approximate surface area is 122 Å². The van der Waals surface area contributed by atoms with Gasteiger partial charge in [-0.05, 0) is 50.1 Å². The molecular formula is C18H29S+. The molecule has 1 aliphatic heterocycles. The van der Waals surface area contributed by atoms with E-state index in [9.17, 15) is 0 Å². The number of benzene rings is 1. The number of rotatable bonds is 3. The lowest BCUT2D eigenvalue weighted by molar-refractivity contribution is 0.910. The largest absolute Gasteiger partial charge is 0.147 e. The van der Waals surface area contributed by atoms with Gasteiger partial charge in [-0.2, -0.15) is 0 Å². The molecule has 1 heteroatoms. The van der Waals surface area contributed by atoms with E-state index in [-0.39, 0.29) is 4.75 Å². The zero-order valence-corrected chi connectivity index (χ0v) is 14.1. The summed E-state index contributed by atoms with van der Waals surface area (Å²) < 4.78 is 0.270. The van der Waals surface area contributed by atoms with E-state index in [0.29, 0.717) is 10.9 Å². The molecule has 0 aromatic heterocycles. The third-order valence-electron chi connectivity index (χ3n) is 3.88. The van der Waals surface area contributed by atoms with Gasteiger partial charge in [0.15, 0.2) is 0 Å². The Balaban J connectivity index is 0.000000861. The normalized spacial score (nSPS) is 15.8. The molecule has 19 heavy (non-hydrogen) atoms. The molecule has 0 radical (unpaired) electrons. The maximum absolute atomic E-state index is 4.38. The van der Waals surface area contributed by atoms with Gasteiger partial charge in [-0.3, -0.25) is 0 Å². The van der Waals surface area contributed by atoms with Gasteiger partial charge in [0.2, 0.25) is 0 Å². The van der Waals surface area contributed by atoms with Crippen LogP contribution in [0.3, 0.4) is 0 Å². The second kappa shape index (κ2) is 7.19. The number of aryl methyl sites for hydroxylation is 1. The van der Waals surface area contributed by atoms with Crippen LogP contribution in [0, 0.1) is 6.92 Å². The van der Waals surface area contributed by atoms with Crippen LogP contribution in [0.2, 0.25) is 0 Å². The molecule has 0 saturated carbocycles. The van der Waals surface area contributed by atoms with E-state index in [2.05, 4.69) is 51.6 Å². The van der Waals surface area contributed by atoms with E-state index in [1.165, 1.54) is 41.0 Å². The topological polar surface area (TPSA) is 0 Å². The zero-order chi connectivity index (χ0) is 14.5. The van der Waals surface area contributed by atoms with Crippen LogP contribution in [0.4, 0.5) is 0 Å². The second-order valence-corrected chi connectivity index (χ2v) is 8.29. The predicted molar refractivity (Wildman–Crippen MR) is 92.0 cm³/mol. The summed E-state index contributed by atoms with van der Waals surface area (Å²) in [5.41, 5.74) is 3.96. The highest BCUT2D eigenvalue weighted by Crippen LogP contribution is 2.37. The van der Waals surface area contributed by atoms with Crippen LogP contribution in [0.25, 0.3) is 5.57 Å². The first-order valence-electron chi connectivity index (χ1n) is 7.46. The smallest absolute Gasteiger partial charge is 0.0900 e. The molecule has 0 unspecified atom stereocenters. The summed E-state index contributed by atoms with van der Waals surface area (Å²) in [6, 6.07) is 8.82. The van der Waals surface area contributed by atoms with E-state index in [4.69, 9.17) is 0 Å². The van der Waals surface area contributed by atoms with Crippen molar-refractivity contribution in [3.63, 3.8) is 0 Å². The second-order valence-electron chi connectivity index (χ2n) is 5.46. The number of hydrogen-bond acceptors (Lipinski definition) is 0. The summed E-state index contributed by atoms with van der Waals surface area (Å²) in [6.45, 7) is 15.3. The molecule has 1 aromatic carbocycles. The van der Waals surface area contributed by atoms with Crippen LogP contribution < -0.4 is 0 Å². The molecule has 0 amide bonds. The molecule has 0 spiro atoms. The van der Waals surface area contributed by atoms with Crippen molar-refractivity contribution >= 4 is 16.5 Å². The molecular weight excluding hydrogens is 248 g/mol. The molecule has 1 aliphatic rings. The van der Waals surface area contributed by atoms with Gasteiger partial charge < -0.3 is 0 Å². The molecule has 0 aliphatic carbocycles. The van der Waals surface area contributed by atoms with Crippen molar-refractivity contribution in [2.45, 2.75) is 52.2 Å². The lowest BCUT2D eigenvalue weighted by Gasteiger charge is -2.26. The van der Waals surface area contributed by atoms with Crippen molar-refractivity contribution in [2.75, 3.05) is 11.5 Å². The fourth-order valence-corrected chi connectivity index (χ4v) is 5.24. The minimum Gasteiger partial charge on any atom is -0.0900 e. The first-order valence-corrected chi connectivity index (χ1v) is 9.02. The maximum Gasteiger partial charge on any atom is 0.147 e. The Morgan fingerprint density at radius 3 is 2.00 bits per heavy atom. The Morgan fingerprint density at radius 2 is 1.53 bits per heavy atom. The lowest BCUT2D eigenvalue weighted by atomic mass is 9.95. The van der Waals surface area contributed by atoms with E-state index < -0.39 is 0 Å². The first-order chi connectivity index (χ1) is 9.01. The molecule has 1 saturated heterocycles. The van der Waals surface area contributed by atoms with Crippen LogP contribution in [-0.2, 0) is 10.9 Å². The Morgan fingerprint density at radius 1 is 1.05 bits per heavy atom. The summed E-state index contributed by atoms with van der Waals surface area (Å²) >= 11 is 0. The average Bonchev–Trinajstić information content (AvgIpc) is 2.96. The Hall–Kier alpha value is -0.690. The van der Waals surface area contributed by atoms with Crippen LogP contribution in [-0.4, -0.2) is 16.3 Å². The summed E-state index contributed by atoms with van der Waals surface area (Å²) in [6.07, 6.45) is 2.82. The molecule has 1 heterocycles. The van der Waals surface area contributed by atoms with E-state index in [0.717, 1.165) is 0 Å². The average molecular weight is 277 g/mol. The molecule has 0 N–H and O–H groups in total. The van der Waals surface area contributed by atoms with Crippen molar-refractivity contribution in [2.24, 2.45) is 0 Å². The molecule has 106 valence electrons. The van der Waals surface area contributed by atoms with Crippen molar-refractivity contribution < 1.29 is 0 Å². The van der Waals surface area contributed by atoms with Crippen molar-refractivity contribution in [3.8, 4) is 0 Å². The summed E-state index contributed by atoms with van der Waals surface area (Å²) in [4.78, 5) is 0. The van der Waals surface area contributed by atoms with Gasteiger partial charge >= 0.3 is 0 Å². The van der Waals surface area contributed by atoms with Gasteiger partial charge in [-0.1, -0.05) is 50.3 Å². The predicted octanol–water partition coefficient (Wildman–Crippen LogP) is 5.23. The summed E-state index contributed by atoms with van der Waals surface area (Å²) in [5.74, 6) is 2.80. The highest BCUT2D eigenvalue weighted by atomic mass is 32.2. The third kappa shape index (κ3) is 3.89. The van der Waals surface area contributed by atoms with Gasteiger partial charge in [0.1, 0.15) is 16.3 Å². The lowest BCUT2D eigenvalue weighted by Crippen LogP contribution is -2.34. The third-order valence-corrected chi connectivity index (χ3v) is 7.13. The molecule has 2 rings (SSSR count). The monoisotopic (exact) mass is 277 g/mol. The van der Waals surface area contributed by atoms with Gasteiger partial charge in [0.25, 0.3) is 0 Å². The van der Waals surface area contributed by atoms with Crippen LogP contribution >= 0.6 is 0 Å².